The molecule has 25 heavy (non-hydrogen) atoms. The Morgan fingerprint density at radius 1 is 1.28 bits per heavy atom. The molecule has 0 saturated carbocycles. The number of hydrogen-bond donors (Lipinski definition) is 2. The normalized spacial score (nSPS) is 21.2. The Morgan fingerprint density at radius 2 is 1.92 bits per heavy atom. The minimum Gasteiger partial charge on any atom is -0.479 e. The minimum absolute atomic E-state index is 0.0225. The molecule has 0 aliphatic carbocycles. The van der Waals surface area contributed by atoms with Crippen LogP contribution in [0.1, 0.15) is 30.9 Å². The van der Waals surface area contributed by atoms with Gasteiger partial charge < -0.3 is 20.1 Å². The van der Waals surface area contributed by atoms with Gasteiger partial charge in [0.15, 0.2) is 0 Å². The quantitative estimate of drug-likeness (QED) is 0.784. The maximum absolute atomic E-state index is 12.6. The zero-order valence-electron chi connectivity index (χ0n) is 14.4. The van der Waals surface area contributed by atoms with Crippen LogP contribution in [-0.2, 0) is 31.1 Å². The first-order chi connectivity index (χ1) is 11.8. The van der Waals surface area contributed by atoms with Gasteiger partial charge in [0.1, 0.15) is 0 Å². The van der Waals surface area contributed by atoms with Crippen LogP contribution in [0.2, 0.25) is 0 Å². The highest BCUT2D eigenvalue weighted by molar-refractivity contribution is 6.05. The van der Waals surface area contributed by atoms with Crippen molar-refractivity contribution in [3.05, 3.63) is 35.4 Å². The SMILES string of the molecule is COC(C)(C(=O)O)C(=O)N1CCC2(CC1)NC(=O)Cc1ccccc12. The maximum Gasteiger partial charge on any atom is 0.345 e. The van der Waals surface area contributed by atoms with E-state index in [1.54, 1.807) is 0 Å². The van der Waals surface area contributed by atoms with Crippen molar-refractivity contribution in [2.75, 3.05) is 20.2 Å². The van der Waals surface area contributed by atoms with Crippen LogP contribution in [0.4, 0.5) is 0 Å². The number of fused-ring (bicyclic) bond motifs is 2. The standard InChI is InChI=1S/C18H22N2O5/c1-17(25-2,16(23)24)15(22)20-9-7-18(8-10-20)13-6-4-3-5-12(13)11-14(21)19-18/h3-6H,7-11H2,1-2H3,(H,19,21)(H,23,24). The molecule has 0 radical (unpaired) electrons. The summed E-state index contributed by atoms with van der Waals surface area (Å²) in [5.74, 6) is -1.89. The Labute approximate surface area is 146 Å². The first-order valence-corrected chi connectivity index (χ1v) is 8.30. The fourth-order valence-corrected chi connectivity index (χ4v) is 3.75. The number of benzene rings is 1. The van der Waals surface area contributed by atoms with E-state index in [-0.39, 0.29) is 5.91 Å². The molecule has 3 rings (SSSR count). The van der Waals surface area contributed by atoms with Crippen LogP contribution in [0, 0.1) is 0 Å². The molecule has 1 atom stereocenters. The number of carboxylic acids is 1. The van der Waals surface area contributed by atoms with Crippen LogP contribution in [-0.4, -0.2) is 53.6 Å². The Balaban J connectivity index is 1.82. The number of amides is 2. The topological polar surface area (TPSA) is 95.9 Å². The molecule has 1 saturated heterocycles. The average Bonchev–Trinajstić information content (AvgIpc) is 2.60. The van der Waals surface area contributed by atoms with Gasteiger partial charge >= 0.3 is 5.97 Å². The van der Waals surface area contributed by atoms with Crippen molar-refractivity contribution in [2.45, 2.75) is 37.3 Å². The van der Waals surface area contributed by atoms with Crippen LogP contribution in [0.3, 0.4) is 0 Å². The summed E-state index contributed by atoms with van der Waals surface area (Å²) in [5, 5.41) is 12.4. The maximum atomic E-state index is 12.6. The number of piperidine rings is 1. The Hall–Kier alpha value is -2.41. The van der Waals surface area contributed by atoms with E-state index < -0.39 is 23.0 Å². The second kappa shape index (κ2) is 6.15. The zero-order valence-corrected chi connectivity index (χ0v) is 14.4. The van der Waals surface area contributed by atoms with E-state index in [9.17, 15) is 19.5 Å². The van der Waals surface area contributed by atoms with Gasteiger partial charge in [-0.15, -0.1) is 0 Å². The number of nitrogens with one attached hydrogen (secondary N) is 1. The number of nitrogens with zero attached hydrogens (tertiary/aromatic N) is 1. The van der Waals surface area contributed by atoms with E-state index in [0.717, 1.165) is 11.1 Å². The molecule has 1 unspecified atom stereocenters. The van der Waals surface area contributed by atoms with Gasteiger partial charge in [-0.2, -0.15) is 0 Å². The molecule has 1 aromatic carbocycles. The van der Waals surface area contributed by atoms with Gasteiger partial charge in [0.2, 0.25) is 11.5 Å². The molecule has 1 aromatic rings. The highest BCUT2D eigenvalue weighted by Gasteiger charge is 2.48. The van der Waals surface area contributed by atoms with Crippen LogP contribution in [0.5, 0.6) is 0 Å². The lowest BCUT2D eigenvalue weighted by atomic mass is 9.75. The Bertz CT molecular complexity index is 724. The summed E-state index contributed by atoms with van der Waals surface area (Å²) in [6.45, 7) is 1.99. The Kier molecular flexibility index (Phi) is 4.28. The second-order valence-corrected chi connectivity index (χ2v) is 6.80. The minimum atomic E-state index is -1.89. The van der Waals surface area contributed by atoms with Crippen molar-refractivity contribution < 1.29 is 24.2 Å². The first kappa shape index (κ1) is 17.4. The monoisotopic (exact) mass is 346 g/mol. The van der Waals surface area contributed by atoms with Crippen molar-refractivity contribution in [3.63, 3.8) is 0 Å². The number of carbonyl (C=O) groups is 3. The van der Waals surface area contributed by atoms with E-state index in [4.69, 9.17) is 4.74 Å². The molecule has 7 nitrogen and oxygen atoms in total. The summed E-state index contributed by atoms with van der Waals surface area (Å²) >= 11 is 0. The molecular formula is C18H22N2O5. The van der Waals surface area contributed by atoms with E-state index in [1.807, 2.05) is 24.3 Å². The number of ether oxygens (including phenoxy) is 1. The van der Waals surface area contributed by atoms with Crippen LogP contribution in [0.15, 0.2) is 24.3 Å². The van der Waals surface area contributed by atoms with E-state index >= 15 is 0 Å². The highest BCUT2D eigenvalue weighted by Crippen LogP contribution is 2.38. The van der Waals surface area contributed by atoms with Gasteiger partial charge in [-0.1, -0.05) is 24.3 Å². The molecule has 7 heteroatoms. The first-order valence-electron chi connectivity index (χ1n) is 8.30. The fraction of sp³-hybridized carbons (Fsp3) is 0.500. The summed E-state index contributed by atoms with van der Waals surface area (Å²) in [5.41, 5.74) is -0.277. The third-order valence-electron chi connectivity index (χ3n) is 5.39. The summed E-state index contributed by atoms with van der Waals surface area (Å²) in [6.07, 6.45) is 1.45. The van der Waals surface area contributed by atoms with Crippen molar-refractivity contribution in [3.8, 4) is 0 Å². The van der Waals surface area contributed by atoms with E-state index in [0.29, 0.717) is 32.4 Å². The zero-order chi connectivity index (χ0) is 18.2. The summed E-state index contributed by atoms with van der Waals surface area (Å²) in [7, 11) is 1.22. The van der Waals surface area contributed by atoms with Crippen molar-refractivity contribution in [2.24, 2.45) is 0 Å². The third-order valence-corrected chi connectivity index (χ3v) is 5.39. The van der Waals surface area contributed by atoms with Gasteiger partial charge in [-0.05, 0) is 30.9 Å². The lowest BCUT2D eigenvalue weighted by Gasteiger charge is -2.46. The van der Waals surface area contributed by atoms with Crippen molar-refractivity contribution in [1.29, 1.82) is 0 Å². The highest BCUT2D eigenvalue weighted by atomic mass is 16.5. The van der Waals surface area contributed by atoms with E-state index in [1.165, 1.54) is 18.9 Å². The smallest absolute Gasteiger partial charge is 0.345 e. The fourth-order valence-electron chi connectivity index (χ4n) is 3.75. The number of aliphatic carboxylic acids is 1. The van der Waals surface area contributed by atoms with Gasteiger partial charge in [0.25, 0.3) is 5.91 Å². The lowest BCUT2D eigenvalue weighted by Crippen LogP contribution is -2.60. The number of hydrogen-bond acceptors (Lipinski definition) is 4. The second-order valence-electron chi connectivity index (χ2n) is 6.80. The molecule has 2 heterocycles. The van der Waals surface area contributed by atoms with E-state index in [2.05, 4.69) is 5.32 Å². The molecule has 2 amide bonds. The predicted octanol–water partition coefficient (Wildman–Crippen LogP) is 0.666. The number of likely N-dealkylation sites (tertiary alicyclic amines) is 1. The Morgan fingerprint density at radius 3 is 2.52 bits per heavy atom. The number of methoxy groups -OCH3 is 1. The van der Waals surface area contributed by atoms with Crippen LogP contribution in [0.25, 0.3) is 0 Å². The van der Waals surface area contributed by atoms with Crippen LogP contribution >= 0.6 is 0 Å². The van der Waals surface area contributed by atoms with Crippen molar-refractivity contribution in [1.82, 2.24) is 10.2 Å². The number of carbonyl (C=O) groups excluding carboxylic acids is 2. The average molecular weight is 346 g/mol. The molecule has 0 bridgehead atoms. The molecule has 2 aliphatic rings. The van der Waals surface area contributed by atoms with Crippen molar-refractivity contribution >= 4 is 17.8 Å². The summed E-state index contributed by atoms with van der Waals surface area (Å²) in [4.78, 5) is 37.6. The predicted molar refractivity (Wildman–Crippen MR) is 88.8 cm³/mol. The molecule has 2 N–H and O–H groups in total. The summed E-state index contributed by atoms with van der Waals surface area (Å²) in [6, 6.07) is 7.84. The molecule has 1 spiro atoms. The largest absolute Gasteiger partial charge is 0.479 e. The van der Waals surface area contributed by atoms with Crippen LogP contribution < -0.4 is 5.32 Å². The third kappa shape index (κ3) is 2.78. The van der Waals surface area contributed by atoms with Gasteiger partial charge in [0, 0.05) is 20.2 Å². The number of carboxylic acid groups (broad SMARTS) is 1. The summed E-state index contributed by atoms with van der Waals surface area (Å²) < 4.78 is 4.96. The number of rotatable bonds is 3. The lowest BCUT2D eigenvalue weighted by molar-refractivity contribution is -0.174. The van der Waals surface area contributed by atoms with Gasteiger partial charge in [-0.25, -0.2) is 4.79 Å². The molecular weight excluding hydrogens is 324 g/mol. The molecule has 0 aromatic heterocycles. The van der Waals surface area contributed by atoms with Gasteiger partial charge in [-0.3, -0.25) is 9.59 Å². The molecule has 134 valence electrons. The molecule has 2 aliphatic heterocycles. The van der Waals surface area contributed by atoms with Gasteiger partial charge in [0.05, 0.1) is 12.0 Å². The molecule has 1 fully saturated rings.